The molecular weight excluding hydrogens is 330 g/mol. The second kappa shape index (κ2) is 6.34. The van der Waals surface area contributed by atoms with Crippen LogP contribution in [0, 0.1) is 6.92 Å². The molecule has 0 aliphatic rings. The number of aryl methyl sites for hydroxylation is 2. The van der Waals surface area contributed by atoms with Crippen LogP contribution in [-0.4, -0.2) is 14.5 Å². The molecule has 2 heterocycles. The van der Waals surface area contributed by atoms with Crippen LogP contribution >= 0.6 is 11.6 Å². The number of rotatable bonds is 3. The molecule has 4 heteroatoms. The Hall–Kier alpha value is -2.65. The quantitative estimate of drug-likeness (QED) is 0.472. The zero-order valence-corrected chi connectivity index (χ0v) is 15.0. The first-order chi connectivity index (χ1) is 12.2. The van der Waals surface area contributed by atoms with Crippen LogP contribution in [0.2, 0.25) is 5.02 Å². The smallest absolute Gasteiger partial charge is 0.141 e. The van der Waals surface area contributed by atoms with Gasteiger partial charge in [0.15, 0.2) is 0 Å². The van der Waals surface area contributed by atoms with E-state index in [1.165, 1.54) is 0 Å². The molecule has 0 radical (unpaired) electrons. The average molecular weight is 348 g/mol. The minimum atomic E-state index is 0.731. The molecule has 0 bridgehead atoms. The number of pyridine rings is 1. The maximum Gasteiger partial charge on any atom is 0.141 e. The summed E-state index contributed by atoms with van der Waals surface area (Å²) in [7, 11) is 0. The number of hydrogen-bond donors (Lipinski definition) is 0. The Labute approximate surface area is 151 Å². The van der Waals surface area contributed by atoms with E-state index in [9.17, 15) is 0 Å². The van der Waals surface area contributed by atoms with Crippen molar-refractivity contribution in [2.24, 2.45) is 0 Å². The summed E-state index contributed by atoms with van der Waals surface area (Å²) < 4.78 is 2.20. The normalized spacial score (nSPS) is 11.2. The predicted octanol–water partition coefficient (Wildman–Crippen LogP) is 5.75. The van der Waals surface area contributed by atoms with E-state index in [0.717, 1.165) is 50.9 Å². The summed E-state index contributed by atoms with van der Waals surface area (Å²) in [6.45, 7) is 4.97. The van der Waals surface area contributed by atoms with Gasteiger partial charge in [-0.3, -0.25) is 4.98 Å². The summed E-state index contributed by atoms with van der Waals surface area (Å²) in [5.74, 6) is 0.962. The monoisotopic (exact) mass is 347 g/mol. The second-order valence-corrected chi connectivity index (χ2v) is 6.49. The molecule has 0 saturated heterocycles. The van der Waals surface area contributed by atoms with Crippen LogP contribution in [0.1, 0.15) is 12.6 Å². The van der Waals surface area contributed by atoms with Crippen molar-refractivity contribution < 1.29 is 0 Å². The first-order valence-corrected chi connectivity index (χ1v) is 8.74. The van der Waals surface area contributed by atoms with E-state index in [1.54, 1.807) is 0 Å². The van der Waals surface area contributed by atoms with Crippen LogP contribution in [0.25, 0.3) is 33.7 Å². The highest BCUT2D eigenvalue weighted by molar-refractivity contribution is 6.31. The van der Waals surface area contributed by atoms with Gasteiger partial charge in [-0.05, 0) is 44.2 Å². The molecule has 0 aliphatic heterocycles. The van der Waals surface area contributed by atoms with Gasteiger partial charge in [-0.15, -0.1) is 0 Å². The van der Waals surface area contributed by atoms with E-state index in [1.807, 2.05) is 43.3 Å². The largest absolute Gasteiger partial charge is 0.324 e. The van der Waals surface area contributed by atoms with Crippen LogP contribution in [0.3, 0.4) is 0 Å². The molecule has 0 N–H and O–H groups in total. The van der Waals surface area contributed by atoms with Gasteiger partial charge in [-0.2, -0.15) is 0 Å². The van der Waals surface area contributed by atoms with Gasteiger partial charge in [-0.25, -0.2) is 4.98 Å². The minimum Gasteiger partial charge on any atom is -0.324 e. The Morgan fingerprint density at radius 1 is 0.920 bits per heavy atom. The lowest BCUT2D eigenvalue weighted by molar-refractivity contribution is 0.796. The van der Waals surface area contributed by atoms with Gasteiger partial charge in [-0.1, -0.05) is 41.9 Å². The van der Waals surface area contributed by atoms with E-state index in [2.05, 4.69) is 40.7 Å². The van der Waals surface area contributed by atoms with Crippen molar-refractivity contribution in [3.8, 4) is 22.6 Å². The van der Waals surface area contributed by atoms with E-state index < -0.39 is 0 Å². The maximum absolute atomic E-state index is 6.16. The Kier molecular flexibility index (Phi) is 4.02. The highest BCUT2D eigenvalue weighted by atomic mass is 35.5. The lowest BCUT2D eigenvalue weighted by atomic mass is 10.1. The third-order valence-electron chi connectivity index (χ3n) is 4.35. The molecule has 0 spiro atoms. The lowest BCUT2D eigenvalue weighted by Gasteiger charge is -2.07. The fourth-order valence-electron chi connectivity index (χ4n) is 3.13. The highest BCUT2D eigenvalue weighted by Gasteiger charge is 2.12. The standard InChI is InChI=1S/C21H18ClN3/c1-3-25-20-13-17(22)11-12-19(20)24-21(25)16-9-7-15(8-10-16)18-6-4-5-14(2)23-18/h4-13H,3H2,1-2H3. The lowest BCUT2D eigenvalue weighted by Crippen LogP contribution is -1.97. The fraction of sp³-hybridized carbons (Fsp3) is 0.143. The summed E-state index contributed by atoms with van der Waals surface area (Å²) >= 11 is 6.16. The summed E-state index contributed by atoms with van der Waals surface area (Å²) in [5.41, 5.74) is 6.23. The van der Waals surface area contributed by atoms with Crippen molar-refractivity contribution in [1.82, 2.24) is 14.5 Å². The SMILES string of the molecule is CCn1c(-c2ccc(-c3cccc(C)n3)cc2)nc2ccc(Cl)cc21. The number of aromatic nitrogens is 3. The van der Waals surface area contributed by atoms with Crippen LogP contribution in [0.15, 0.2) is 60.7 Å². The highest BCUT2D eigenvalue weighted by Crippen LogP contribution is 2.28. The molecule has 25 heavy (non-hydrogen) atoms. The molecule has 124 valence electrons. The number of benzene rings is 2. The van der Waals surface area contributed by atoms with Gasteiger partial charge < -0.3 is 4.57 Å². The topological polar surface area (TPSA) is 30.7 Å². The van der Waals surface area contributed by atoms with Gasteiger partial charge in [0.1, 0.15) is 5.82 Å². The van der Waals surface area contributed by atoms with Crippen molar-refractivity contribution in [2.45, 2.75) is 20.4 Å². The Balaban J connectivity index is 1.79. The average Bonchev–Trinajstić information content (AvgIpc) is 2.99. The van der Waals surface area contributed by atoms with Crippen LogP contribution < -0.4 is 0 Å². The Morgan fingerprint density at radius 3 is 2.40 bits per heavy atom. The second-order valence-electron chi connectivity index (χ2n) is 6.05. The summed E-state index contributed by atoms with van der Waals surface area (Å²) in [5, 5.41) is 0.731. The molecule has 0 atom stereocenters. The number of hydrogen-bond acceptors (Lipinski definition) is 2. The van der Waals surface area contributed by atoms with E-state index in [0.29, 0.717) is 0 Å². The van der Waals surface area contributed by atoms with Crippen LogP contribution in [0.5, 0.6) is 0 Å². The van der Waals surface area contributed by atoms with E-state index in [-0.39, 0.29) is 0 Å². The molecule has 4 aromatic rings. The van der Waals surface area contributed by atoms with Gasteiger partial charge in [0.25, 0.3) is 0 Å². The minimum absolute atomic E-state index is 0.731. The van der Waals surface area contributed by atoms with E-state index >= 15 is 0 Å². The molecule has 0 fully saturated rings. The number of halogens is 1. The first kappa shape index (κ1) is 15.9. The Morgan fingerprint density at radius 2 is 1.68 bits per heavy atom. The van der Waals surface area contributed by atoms with Crippen molar-refractivity contribution in [1.29, 1.82) is 0 Å². The van der Waals surface area contributed by atoms with Crippen molar-refractivity contribution >= 4 is 22.6 Å². The Bertz CT molecular complexity index is 1050. The molecule has 0 unspecified atom stereocenters. The van der Waals surface area contributed by atoms with Gasteiger partial charge in [0, 0.05) is 28.4 Å². The third-order valence-corrected chi connectivity index (χ3v) is 4.59. The zero-order valence-electron chi connectivity index (χ0n) is 14.2. The summed E-state index contributed by atoms with van der Waals surface area (Å²) in [4.78, 5) is 9.39. The number of imidazole rings is 1. The van der Waals surface area contributed by atoms with Crippen LogP contribution in [0.4, 0.5) is 0 Å². The predicted molar refractivity (Wildman–Crippen MR) is 104 cm³/mol. The number of fused-ring (bicyclic) bond motifs is 1. The van der Waals surface area contributed by atoms with Gasteiger partial charge in [0.05, 0.1) is 16.7 Å². The van der Waals surface area contributed by atoms with E-state index in [4.69, 9.17) is 16.6 Å². The maximum atomic E-state index is 6.16. The molecule has 3 nitrogen and oxygen atoms in total. The fourth-order valence-corrected chi connectivity index (χ4v) is 3.30. The molecule has 2 aromatic carbocycles. The summed E-state index contributed by atoms with van der Waals surface area (Å²) in [6.07, 6.45) is 0. The molecule has 4 rings (SSSR count). The van der Waals surface area contributed by atoms with Crippen molar-refractivity contribution in [3.63, 3.8) is 0 Å². The molecule has 0 amide bonds. The van der Waals surface area contributed by atoms with Gasteiger partial charge >= 0.3 is 0 Å². The van der Waals surface area contributed by atoms with Crippen molar-refractivity contribution in [3.05, 3.63) is 71.4 Å². The van der Waals surface area contributed by atoms with Gasteiger partial charge in [0.2, 0.25) is 0 Å². The number of nitrogens with zero attached hydrogens (tertiary/aromatic N) is 3. The summed E-state index contributed by atoms with van der Waals surface area (Å²) in [6, 6.07) is 20.3. The first-order valence-electron chi connectivity index (χ1n) is 8.36. The molecule has 0 saturated carbocycles. The van der Waals surface area contributed by atoms with Crippen LogP contribution in [-0.2, 0) is 6.54 Å². The third kappa shape index (κ3) is 2.92. The zero-order chi connectivity index (χ0) is 17.4. The molecule has 2 aromatic heterocycles. The molecular formula is C21H18ClN3. The van der Waals surface area contributed by atoms with Crippen molar-refractivity contribution in [2.75, 3.05) is 0 Å². The molecule has 0 aliphatic carbocycles.